The van der Waals surface area contributed by atoms with Crippen molar-refractivity contribution in [1.82, 2.24) is 14.5 Å². The molecule has 2 aromatic heterocycles. The van der Waals surface area contributed by atoms with Crippen LogP contribution in [0.4, 0.5) is 0 Å². The van der Waals surface area contributed by atoms with Crippen molar-refractivity contribution in [3.63, 3.8) is 0 Å². The molecule has 0 amide bonds. The van der Waals surface area contributed by atoms with E-state index in [1.54, 1.807) is 0 Å². The highest BCUT2D eigenvalue weighted by molar-refractivity contribution is 9.10. The maximum absolute atomic E-state index is 6.03. The Kier molecular flexibility index (Phi) is 3.76. The molecule has 0 saturated heterocycles. The van der Waals surface area contributed by atoms with E-state index in [-0.39, 0.29) is 0 Å². The van der Waals surface area contributed by atoms with Gasteiger partial charge in [0.15, 0.2) is 5.65 Å². The normalized spacial score (nSPS) is 11.2. The van der Waals surface area contributed by atoms with Gasteiger partial charge < -0.3 is 4.57 Å². The van der Waals surface area contributed by atoms with Crippen molar-refractivity contribution in [3.8, 4) is 0 Å². The van der Waals surface area contributed by atoms with E-state index in [1.165, 1.54) is 5.56 Å². The number of fused-ring (bicyclic) bond motifs is 1. The van der Waals surface area contributed by atoms with Crippen LogP contribution in [0.2, 0.25) is 0 Å². The van der Waals surface area contributed by atoms with Crippen LogP contribution in [0.25, 0.3) is 11.2 Å². The van der Waals surface area contributed by atoms with Crippen LogP contribution < -0.4 is 0 Å². The third-order valence-corrected chi connectivity index (χ3v) is 4.06. The maximum Gasteiger partial charge on any atom is 0.160 e. The Hall–Kier alpha value is -1.39. The van der Waals surface area contributed by atoms with Gasteiger partial charge in [-0.15, -0.1) is 11.6 Å². The lowest BCUT2D eigenvalue weighted by Crippen LogP contribution is -2.04. The Morgan fingerprint density at radius 2 is 1.95 bits per heavy atom. The zero-order valence-corrected chi connectivity index (χ0v) is 13.3. The summed E-state index contributed by atoms with van der Waals surface area (Å²) in [5, 5.41) is 0. The van der Waals surface area contributed by atoms with E-state index in [0.29, 0.717) is 5.88 Å². The Balaban J connectivity index is 2.10. The lowest BCUT2D eigenvalue weighted by atomic mass is 10.2. The van der Waals surface area contributed by atoms with Gasteiger partial charge in [-0.05, 0) is 36.2 Å². The summed E-state index contributed by atoms with van der Waals surface area (Å²) in [6.45, 7) is 2.77. The average molecular weight is 351 g/mol. The van der Waals surface area contributed by atoms with Crippen molar-refractivity contribution >= 4 is 38.7 Å². The number of benzene rings is 1. The Bertz CT molecular complexity index is 750. The van der Waals surface area contributed by atoms with E-state index in [1.807, 2.05) is 31.3 Å². The quantitative estimate of drug-likeness (QED) is 0.660. The Labute approximate surface area is 130 Å². The summed E-state index contributed by atoms with van der Waals surface area (Å²) in [6.07, 6.45) is 1.81. The molecule has 0 radical (unpaired) electrons. The molecule has 5 heteroatoms. The number of nitrogens with zero attached hydrogens (tertiary/aromatic N) is 3. The molecule has 102 valence electrons. The third-order valence-electron chi connectivity index (χ3n) is 3.29. The van der Waals surface area contributed by atoms with E-state index in [2.05, 4.69) is 42.6 Å². The smallest absolute Gasteiger partial charge is 0.160 e. The predicted molar refractivity (Wildman–Crippen MR) is 85.1 cm³/mol. The number of rotatable bonds is 3. The molecule has 0 aliphatic heterocycles. The van der Waals surface area contributed by atoms with Crippen LogP contribution in [0.3, 0.4) is 0 Å². The highest BCUT2D eigenvalue weighted by Gasteiger charge is 2.12. The molecule has 0 atom stereocenters. The molecule has 1 aromatic carbocycles. The van der Waals surface area contributed by atoms with Gasteiger partial charge >= 0.3 is 0 Å². The lowest BCUT2D eigenvalue weighted by Gasteiger charge is -2.07. The number of halogens is 2. The highest BCUT2D eigenvalue weighted by atomic mass is 79.9. The fourth-order valence-electron chi connectivity index (χ4n) is 2.22. The molecule has 0 unspecified atom stereocenters. The summed E-state index contributed by atoms with van der Waals surface area (Å²) in [4.78, 5) is 9.06. The molecule has 20 heavy (non-hydrogen) atoms. The number of alkyl halides is 1. The number of hydrogen-bond donors (Lipinski definition) is 0. The van der Waals surface area contributed by atoms with Gasteiger partial charge in [0.05, 0.1) is 12.4 Å². The number of aryl methyl sites for hydroxylation is 1. The number of imidazole rings is 1. The second-order valence-electron chi connectivity index (χ2n) is 4.67. The monoisotopic (exact) mass is 349 g/mol. The molecule has 0 N–H and O–H groups in total. The van der Waals surface area contributed by atoms with Crippen LogP contribution in [-0.2, 0) is 12.4 Å². The minimum Gasteiger partial charge on any atom is -0.307 e. The molecule has 0 fully saturated rings. The molecule has 3 aromatic rings. The zero-order valence-electron chi connectivity index (χ0n) is 11.0. The summed E-state index contributed by atoms with van der Waals surface area (Å²) >= 11 is 9.48. The standard InChI is InChI=1S/C15H13BrClN3/c1-10-6-7-18-15-14(10)19-13(8-17)20(15)9-11-2-4-12(16)5-3-11/h2-7H,8-9H2,1H3. The first-order valence-electron chi connectivity index (χ1n) is 6.30. The molecule has 0 bridgehead atoms. The first-order chi connectivity index (χ1) is 9.69. The number of pyridine rings is 1. The highest BCUT2D eigenvalue weighted by Crippen LogP contribution is 2.20. The molecular formula is C15H13BrClN3. The zero-order chi connectivity index (χ0) is 14.1. The maximum atomic E-state index is 6.03. The number of hydrogen-bond acceptors (Lipinski definition) is 2. The van der Waals surface area contributed by atoms with Gasteiger partial charge in [-0.3, -0.25) is 0 Å². The van der Waals surface area contributed by atoms with E-state index in [9.17, 15) is 0 Å². The SMILES string of the molecule is Cc1ccnc2c1nc(CCl)n2Cc1ccc(Br)cc1. The van der Waals surface area contributed by atoms with E-state index < -0.39 is 0 Å². The molecule has 3 nitrogen and oxygen atoms in total. The second-order valence-corrected chi connectivity index (χ2v) is 5.86. The van der Waals surface area contributed by atoms with Crippen molar-refractivity contribution in [2.24, 2.45) is 0 Å². The summed E-state index contributed by atoms with van der Waals surface area (Å²) in [5.41, 5.74) is 4.14. The fraction of sp³-hybridized carbons (Fsp3) is 0.200. The van der Waals surface area contributed by atoms with Crippen molar-refractivity contribution < 1.29 is 0 Å². The van der Waals surface area contributed by atoms with Gasteiger partial charge in [-0.25, -0.2) is 9.97 Å². The van der Waals surface area contributed by atoms with Crippen molar-refractivity contribution in [3.05, 3.63) is 58.0 Å². The molecular weight excluding hydrogens is 338 g/mol. The Morgan fingerprint density at radius 3 is 2.65 bits per heavy atom. The number of aromatic nitrogens is 3. The van der Waals surface area contributed by atoms with Crippen molar-refractivity contribution in [1.29, 1.82) is 0 Å². The van der Waals surface area contributed by atoms with Crippen LogP contribution in [0.5, 0.6) is 0 Å². The van der Waals surface area contributed by atoms with Gasteiger partial charge in [-0.2, -0.15) is 0 Å². The van der Waals surface area contributed by atoms with Gasteiger partial charge in [-0.1, -0.05) is 28.1 Å². The predicted octanol–water partition coefficient (Wildman–Crippen LogP) is 4.29. The van der Waals surface area contributed by atoms with Crippen LogP contribution in [0.1, 0.15) is 17.0 Å². The Morgan fingerprint density at radius 1 is 1.20 bits per heavy atom. The minimum absolute atomic E-state index is 0.381. The van der Waals surface area contributed by atoms with Crippen molar-refractivity contribution in [2.75, 3.05) is 0 Å². The second kappa shape index (κ2) is 5.54. The van der Waals surface area contributed by atoms with Gasteiger partial charge in [0.2, 0.25) is 0 Å². The van der Waals surface area contributed by atoms with E-state index in [4.69, 9.17) is 11.6 Å². The van der Waals surface area contributed by atoms with E-state index in [0.717, 1.165) is 33.6 Å². The molecule has 0 saturated carbocycles. The topological polar surface area (TPSA) is 30.7 Å². The molecule has 0 aliphatic carbocycles. The first-order valence-corrected chi connectivity index (χ1v) is 7.63. The van der Waals surface area contributed by atoms with Gasteiger partial charge in [0.25, 0.3) is 0 Å². The van der Waals surface area contributed by atoms with Crippen LogP contribution >= 0.6 is 27.5 Å². The largest absolute Gasteiger partial charge is 0.307 e. The van der Waals surface area contributed by atoms with Gasteiger partial charge in [0.1, 0.15) is 11.3 Å². The minimum atomic E-state index is 0.381. The van der Waals surface area contributed by atoms with Gasteiger partial charge in [0, 0.05) is 10.7 Å². The molecule has 3 rings (SSSR count). The molecule has 0 spiro atoms. The third kappa shape index (κ3) is 2.45. The summed E-state index contributed by atoms with van der Waals surface area (Å²) < 4.78 is 3.15. The fourth-order valence-corrected chi connectivity index (χ4v) is 2.69. The van der Waals surface area contributed by atoms with Crippen LogP contribution in [-0.4, -0.2) is 14.5 Å². The van der Waals surface area contributed by atoms with E-state index >= 15 is 0 Å². The van der Waals surface area contributed by atoms with Crippen LogP contribution in [0, 0.1) is 6.92 Å². The first kappa shape index (κ1) is 13.6. The summed E-state index contributed by atoms with van der Waals surface area (Å²) in [5.74, 6) is 1.23. The summed E-state index contributed by atoms with van der Waals surface area (Å²) in [7, 11) is 0. The lowest BCUT2D eigenvalue weighted by molar-refractivity contribution is 0.770. The molecule has 0 aliphatic rings. The summed E-state index contributed by atoms with van der Waals surface area (Å²) in [6, 6.07) is 10.2. The van der Waals surface area contributed by atoms with Crippen LogP contribution in [0.15, 0.2) is 41.0 Å². The average Bonchev–Trinajstić information content (AvgIpc) is 2.81. The molecule has 2 heterocycles. The van der Waals surface area contributed by atoms with Crippen molar-refractivity contribution in [2.45, 2.75) is 19.3 Å².